The van der Waals surface area contributed by atoms with Gasteiger partial charge in [-0.05, 0) is 32.9 Å². The summed E-state index contributed by atoms with van der Waals surface area (Å²) in [6, 6.07) is 6.19. The first-order chi connectivity index (χ1) is 10.8. The summed E-state index contributed by atoms with van der Waals surface area (Å²) in [5, 5.41) is 6.73. The van der Waals surface area contributed by atoms with Crippen molar-refractivity contribution in [2.45, 2.75) is 38.3 Å². The van der Waals surface area contributed by atoms with Crippen molar-refractivity contribution in [2.75, 3.05) is 5.75 Å². The molecule has 7 heteroatoms. The van der Waals surface area contributed by atoms with Crippen LogP contribution in [0.15, 0.2) is 41.6 Å². The molecule has 23 heavy (non-hydrogen) atoms. The van der Waals surface area contributed by atoms with Crippen LogP contribution in [-0.4, -0.2) is 35.9 Å². The zero-order valence-corrected chi connectivity index (χ0v) is 14.3. The molecule has 124 valence electrons. The number of aryl methyl sites for hydroxylation is 2. The minimum absolute atomic E-state index is 0.149. The molecular formula is C16H21N3O3S. The van der Waals surface area contributed by atoms with Gasteiger partial charge >= 0.3 is 0 Å². The van der Waals surface area contributed by atoms with E-state index in [0.717, 1.165) is 5.56 Å². The predicted molar refractivity (Wildman–Crippen MR) is 88.1 cm³/mol. The quantitative estimate of drug-likeness (QED) is 0.873. The van der Waals surface area contributed by atoms with Gasteiger partial charge in [0.1, 0.15) is 0 Å². The van der Waals surface area contributed by atoms with Crippen LogP contribution in [0.3, 0.4) is 0 Å². The van der Waals surface area contributed by atoms with E-state index in [1.165, 1.54) is 6.20 Å². The van der Waals surface area contributed by atoms with E-state index in [2.05, 4.69) is 10.4 Å². The van der Waals surface area contributed by atoms with Crippen LogP contribution in [-0.2, 0) is 16.4 Å². The summed E-state index contributed by atoms with van der Waals surface area (Å²) in [7, 11) is -3.44. The third-order valence-electron chi connectivity index (χ3n) is 3.45. The highest BCUT2D eigenvalue weighted by Crippen LogP contribution is 2.13. The van der Waals surface area contributed by atoms with Gasteiger partial charge in [-0.2, -0.15) is 5.10 Å². The van der Waals surface area contributed by atoms with E-state index in [9.17, 15) is 13.2 Å². The van der Waals surface area contributed by atoms with Crippen molar-refractivity contribution in [3.63, 3.8) is 0 Å². The normalized spacial score (nSPS) is 12.8. The van der Waals surface area contributed by atoms with Crippen LogP contribution >= 0.6 is 0 Å². The largest absolute Gasteiger partial charge is 0.348 e. The Kier molecular flexibility index (Phi) is 5.20. The third kappa shape index (κ3) is 4.41. The Morgan fingerprint density at radius 3 is 2.52 bits per heavy atom. The van der Waals surface area contributed by atoms with Crippen LogP contribution in [0.25, 0.3) is 0 Å². The second-order valence-corrected chi connectivity index (χ2v) is 7.59. The first-order valence-corrected chi connectivity index (χ1v) is 9.10. The second kappa shape index (κ2) is 6.95. The molecule has 6 nitrogen and oxygen atoms in total. The summed E-state index contributed by atoms with van der Waals surface area (Å²) in [6.45, 7) is 6.17. The van der Waals surface area contributed by atoms with E-state index in [0.29, 0.717) is 12.1 Å². The molecule has 1 atom stereocenters. The molecule has 0 bridgehead atoms. The lowest BCUT2D eigenvalue weighted by atomic mass is 10.2. The molecule has 1 heterocycles. The summed E-state index contributed by atoms with van der Waals surface area (Å²) in [5.74, 6) is -0.472. The molecule has 0 saturated heterocycles. The number of carbonyl (C=O) groups excluding carboxylic acids is 1. The van der Waals surface area contributed by atoms with Crippen molar-refractivity contribution in [1.29, 1.82) is 0 Å². The maximum atomic E-state index is 12.4. The molecule has 0 fully saturated rings. The summed E-state index contributed by atoms with van der Waals surface area (Å²) in [4.78, 5) is 12.4. The highest BCUT2D eigenvalue weighted by atomic mass is 32.2. The van der Waals surface area contributed by atoms with Crippen molar-refractivity contribution < 1.29 is 13.2 Å². The minimum Gasteiger partial charge on any atom is -0.348 e. The maximum absolute atomic E-state index is 12.4. The molecule has 0 aliphatic rings. The lowest BCUT2D eigenvalue weighted by molar-refractivity contribution is 0.0943. The first kappa shape index (κ1) is 17.2. The van der Waals surface area contributed by atoms with Crippen molar-refractivity contribution >= 4 is 15.7 Å². The zero-order valence-electron chi connectivity index (χ0n) is 13.5. The first-order valence-electron chi connectivity index (χ1n) is 7.44. The van der Waals surface area contributed by atoms with Gasteiger partial charge in [-0.15, -0.1) is 0 Å². The zero-order chi connectivity index (χ0) is 17.0. The number of hydrogen-bond donors (Lipinski definition) is 1. The standard InChI is InChI=1S/C16H21N3O3S/c1-4-19-10-14(9-17-19)16(20)18-13(3)11-23(21,22)15-7-5-12(2)6-8-15/h5-10,13H,4,11H2,1-3H3,(H,18,20)/t13-/m0/s1. The van der Waals surface area contributed by atoms with Gasteiger partial charge < -0.3 is 5.32 Å². The Labute approximate surface area is 136 Å². The smallest absolute Gasteiger partial charge is 0.254 e. The van der Waals surface area contributed by atoms with Crippen molar-refractivity contribution in [3.05, 3.63) is 47.8 Å². The molecule has 0 saturated carbocycles. The number of amides is 1. The summed E-state index contributed by atoms with van der Waals surface area (Å²) in [5.41, 5.74) is 1.42. The van der Waals surface area contributed by atoms with Crippen molar-refractivity contribution in [1.82, 2.24) is 15.1 Å². The van der Waals surface area contributed by atoms with E-state index in [-0.39, 0.29) is 16.6 Å². The van der Waals surface area contributed by atoms with E-state index in [1.54, 1.807) is 42.1 Å². The van der Waals surface area contributed by atoms with Gasteiger partial charge in [0.05, 0.1) is 22.4 Å². The molecule has 0 radical (unpaired) electrons. The van der Waals surface area contributed by atoms with E-state index in [4.69, 9.17) is 0 Å². The lowest BCUT2D eigenvalue weighted by Crippen LogP contribution is -2.37. The van der Waals surface area contributed by atoms with Crippen LogP contribution in [0.4, 0.5) is 0 Å². The molecule has 1 amide bonds. The van der Waals surface area contributed by atoms with Crippen molar-refractivity contribution in [3.8, 4) is 0 Å². The highest BCUT2D eigenvalue weighted by Gasteiger charge is 2.20. The Morgan fingerprint density at radius 1 is 1.30 bits per heavy atom. The van der Waals surface area contributed by atoms with Gasteiger partial charge in [0.15, 0.2) is 9.84 Å². The number of sulfone groups is 1. The average Bonchev–Trinajstić information content (AvgIpc) is 2.96. The van der Waals surface area contributed by atoms with Crippen LogP contribution < -0.4 is 5.32 Å². The molecule has 0 aliphatic heterocycles. The molecule has 0 unspecified atom stereocenters. The van der Waals surface area contributed by atoms with E-state index < -0.39 is 15.9 Å². The van der Waals surface area contributed by atoms with Crippen LogP contribution in [0.5, 0.6) is 0 Å². The van der Waals surface area contributed by atoms with Gasteiger partial charge in [-0.1, -0.05) is 17.7 Å². The summed E-state index contributed by atoms with van der Waals surface area (Å²) >= 11 is 0. The van der Waals surface area contributed by atoms with Gasteiger partial charge in [-0.3, -0.25) is 9.48 Å². The number of hydrogen-bond acceptors (Lipinski definition) is 4. The highest BCUT2D eigenvalue weighted by molar-refractivity contribution is 7.91. The van der Waals surface area contributed by atoms with E-state index >= 15 is 0 Å². The second-order valence-electron chi connectivity index (χ2n) is 5.55. The summed E-state index contributed by atoms with van der Waals surface area (Å²) in [6.07, 6.45) is 3.11. The van der Waals surface area contributed by atoms with Gasteiger partial charge in [0.25, 0.3) is 5.91 Å². The molecule has 1 aromatic carbocycles. The molecule has 1 N–H and O–H groups in total. The topological polar surface area (TPSA) is 81.1 Å². The third-order valence-corrected chi connectivity index (χ3v) is 5.38. The summed E-state index contributed by atoms with van der Waals surface area (Å²) < 4.78 is 26.4. The number of benzene rings is 1. The van der Waals surface area contributed by atoms with Crippen molar-refractivity contribution in [2.24, 2.45) is 0 Å². The van der Waals surface area contributed by atoms with Gasteiger partial charge in [0, 0.05) is 18.8 Å². The Hall–Kier alpha value is -2.15. The molecule has 1 aromatic heterocycles. The maximum Gasteiger partial charge on any atom is 0.254 e. The fourth-order valence-corrected chi connectivity index (χ4v) is 3.66. The van der Waals surface area contributed by atoms with E-state index in [1.807, 2.05) is 13.8 Å². The lowest BCUT2D eigenvalue weighted by Gasteiger charge is -2.14. The number of nitrogens with zero attached hydrogens (tertiary/aromatic N) is 2. The minimum atomic E-state index is -3.44. The fourth-order valence-electron chi connectivity index (χ4n) is 2.17. The fraction of sp³-hybridized carbons (Fsp3) is 0.375. The SMILES string of the molecule is CCn1cc(C(=O)N[C@@H](C)CS(=O)(=O)c2ccc(C)cc2)cn1. The molecule has 0 spiro atoms. The van der Waals surface area contributed by atoms with Gasteiger partial charge in [0.2, 0.25) is 0 Å². The van der Waals surface area contributed by atoms with Gasteiger partial charge in [-0.25, -0.2) is 8.42 Å². The number of aromatic nitrogens is 2. The monoisotopic (exact) mass is 335 g/mol. The molecular weight excluding hydrogens is 314 g/mol. The number of rotatable bonds is 6. The number of nitrogens with one attached hydrogen (secondary N) is 1. The average molecular weight is 335 g/mol. The molecule has 2 rings (SSSR count). The van der Waals surface area contributed by atoms with Crippen LogP contribution in [0, 0.1) is 6.92 Å². The number of carbonyl (C=O) groups is 1. The van der Waals surface area contributed by atoms with Crippen LogP contribution in [0.2, 0.25) is 0 Å². The Balaban J connectivity index is 2.02. The van der Waals surface area contributed by atoms with Crippen LogP contribution in [0.1, 0.15) is 29.8 Å². The molecule has 0 aliphatic carbocycles. The molecule has 2 aromatic rings. The predicted octanol–water partition coefficient (Wildman–Crippen LogP) is 1.80. The Bertz CT molecular complexity index is 779. The Morgan fingerprint density at radius 2 is 1.96 bits per heavy atom.